The molecule has 3 N–H and O–H groups in total. The van der Waals surface area contributed by atoms with Crippen LogP contribution in [-0.2, 0) is 9.59 Å². The van der Waals surface area contributed by atoms with E-state index < -0.39 is 5.41 Å². The molecule has 0 saturated carbocycles. The van der Waals surface area contributed by atoms with Gasteiger partial charge in [-0.3, -0.25) is 24.1 Å². The second-order valence-corrected chi connectivity index (χ2v) is 13.4. The zero-order valence-electron chi connectivity index (χ0n) is 26.6. The predicted octanol–water partition coefficient (Wildman–Crippen LogP) is 5.22. The molecule has 2 aliphatic rings. The van der Waals surface area contributed by atoms with Crippen molar-refractivity contribution in [3.8, 4) is 5.75 Å². The Morgan fingerprint density at radius 3 is 2.52 bits per heavy atom. The number of allylic oxidation sites excluding steroid dienone is 1. The van der Waals surface area contributed by atoms with Gasteiger partial charge >= 0.3 is 0 Å². The number of amides is 3. The number of hydrogen-bond donors (Lipinski definition) is 3. The maximum absolute atomic E-state index is 14.0. The van der Waals surface area contributed by atoms with E-state index in [1.807, 2.05) is 51.1 Å². The van der Waals surface area contributed by atoms with Crippen LogP contribution in [0.15, 0.2) is 72.1 Å². The molecule has 46 heavy (non-hydrogen) atoms. The van der Waals surface area contributed by atoms with Gasteiger partial charge in [0.15, 0.2) is 5.78 Å². The monoisotopic (exact) mass is 642 g/mol. The quantitative estimate of drug-likeness (QED) is 0.251. The van der Waals surface area contributed by atoms with Crippen LogP contribution in [0.3, 0.4) is 0 Å². The Labute approximate surface area is 274 Å². The maximum Gasteiger partial charge on any atom is 0.255 e. The molecule has 3 amide bonds. The van der Waals surface area contributed by atoms with Crippen LogP contribution in [0, 0.1) is 18.3 Å². The number of carbonyl (C=O) groups excluding carboxylic acids is 4. The minimum absolute atomic E-state index is 0.0178. The van der Waals surface area contributed by atoms with Gasteiger partial charge in [-0.05, 0) is 68.8 Å². The van der Waals surface area contributed by atoms with Crippen molar-refractivity contribution in [1.29, 1.82) is 0 Å². The summed E-state index contributed by atoms with van der Waals surface area (Å²) in [6.07, 6.45) is 5.54. The Kier molecular flexibility index (Phi) is 10.7. The molecule has 1 saturated heterocycles. The van der Waals surface area contributed by atoms with Gasteiger partial charge < -0.3 is 20.7 Å². The van der Waals surface area contributed by atoms with Crippen molar-refractivity contribution in [2.24, 2.45) is 11.3 Å². The van der Waals surface area contributed by atoms with Crippen LogP contribution in [-0.4, -0.2) is 67.2 Å². The number of thiophene rings is 1. The number of para-hydroxylation sites is 1. The second kappa shape index (κ2) is 14.9. The van der Waals surface area contributed by atoms with Crippen molar-refractivity contribution < 1.29 is 23.9 Å². The molecule has 3 aromatic rings. The molecule has 2 aliphatic heterocycles. The number of benzene rings is 2. The summed E-state index contributed by atoms with van der Waals surface area (Å²) in [6.45, 7) is 7.93. The first-order valence-electron chi connectivity index (χ1n) is 15.8. The van der Waals surface area contributed by atoms with E-state index in [-0.39, 0.29) is 48.6 Å². The van der Waals surface area contributed by atoms with E-state index in [9.17, 15) is 19.2 Å². The van der Waals surface area contributed by atoms with Crippen molar-refractivity contribution in [3.63, 3.8) is 0 Å². The smallest absolute Gasteiger partial charge is 0.255 e. The summed E-state index contributed by atoms with van der Waals surface area (Å²) in [6, 6.07) is 16.0. The minimum Gasteiger partial charge on any atom is -0.491 e. The number of ketones is 1. The lowest BCUT2D eigenvalue weighted by Gasteiger charge is -2.41. The normalized spacial score (nSPS) is 19.7. The van der Waals surface area contributed by atoms with Gasteiger partial charge in [-0.15, -0.1) is 11.3 Å². The highest BCUT2D eigenvalue weighted by Crippen LogP contribution is 2.36. The van der Waals surface area contributed by atoms with Gasteiger partial charge in [0.1, 0.15) is 17.4 Å². The Hall–Kier alpha value is -4.28. The zero-order valence-corrected chi connectivity index (χ0v) is 27.5. The molecule has 9 nitrogen and oxygen atoms in total. The van der Waals surface area contributed by atoms with Crippen LogP contribution in [0.2, 0.25) is 0 Å². The number of piperidine rings is 1. The standard InChI is InChI=1S/C36H42N4O5S/c1-24(2)29-23-45-30-9-5-4-8-27(30)33(43)37-18-7-6-15-36(35(44)38-29)16-19-40(20-17-36)22-31(41)39-34-28(14-21-46-34)32(42)26-12-10-25(3)11-13-26/h4-14,21,24,29H,15-20,22-23H2,1-3H3,(H,37,43)(H,38,44)(H,39,41)/b7-6+/t29-/m0/s1. The Balaban J connectivity index is 1.23. The van der Waals surface area contributed by atoms with Crippen LogP contribution in [0.4, 0.5) is 5.00 Å². The number of anilines is 1. The van der Waals surface area contributed by atoms with Crippen molar-refractivity contribution >= 4 is 39.8 Å². The number of fused-ring (bicyclic) bond motifs is 1. The fraction of sp³-hybridized carbons (Fsp3) is 0.389. The third kappa shape index (κ3) is 7.92. The molecule has 3 heterocycles. The lowest BCUT2D eigenvalue weighted by molar-refractivity contribution is -0.135. The first-order valence-corrected chi connectivity index (χ1v) is 16.7. The van der Waals surface area contributed by atoms with Crippen LogP contribution in [0.1, 0.15) is 65.0 Å². The number of likely N-dealkylation sites (tertiary alicyclic amines) is 1. The first-order chi connectivity index (χ1) is 22.1. The van der Waals surface area contributed by atoms with E-state index in [0.717, 1.165) is 5.56 Å². The predicted molar refractivity (Wildman–Crippen MR) is 180 cm³/mol. The third-order valence-electron chi connectivity index (χ3n) is 8.87. The number of rotatable bonds is 6. The topological polar surface area (TPSA) is 117 Å². The van der Waals surface area contributed by atoms with Gasteiger partial charge in [-0.2, -0.15) is 0 Å². The molecule has 5 rings (SSSR count). The Morgan fingerprint density at radius 1 is 1.04 bits per heavy atom. The molecular weight excluding hydrogens is 600 g/mol. The van der Waals surface area contributed by atoms with Crippen molar-refractivity contribution in [2.75, 3.05) is 38.1 Å². The zero-order chi connectivity index (χ0) is 32.7. The molecule has 0 aliphatic carbocycles. The average Bonchev–Trinajstić information content (AvgIpc) is 3.51. The molecule has 0 unspecified atom stereocenters. The summed E-state index contributed by atoms with van der Waals surface area (Å²) in [5.74, 6) is 0.0392. The van der Waals surface area contributed by atoms with E-state index in [1.54, 1.807) is 41.8 Å². The van der Waals surface area contributed by atoms with E-state index in [1.165, 1.54) is 11.3 Å². The van der Waals surface area contributed by atoms with Gasteiger partial charge in [0.25, 0.3) is 5.91 Å². The molecule has 1 spiro atoms. The van der Waals surface area contributed by atoms with Crippen molar-refractivity contribution in [2.45, 2.75) is 46.1 Å². The molecule has 10 heteroatoms. The molecule has 0 radical (unpaired) electrons. The molecule has 0 bridgehead atoms. The largest absolute Gasteiger partial charge is 0.491 e. The summed E-state index contributed by atoms with van der Waals surface area (Å²) >= 11 is 1.33. The fourth-order valence-corrected chi connectivity index (χ4v) is 6.60. The summed E-state index contributed by atoms with van der Waals surface area (Å²) in [7, 11) is 0. The first kappa shape index (κ1) is 33.1. The summed E-state index contributed by atoms with van der Waals surface area (Å²) in [5.41, 5.74) is 1.94. The molecule has 1 atom stereocenters. The van der Waals surface area contributed by atoms with Crippen LogP contribution in [0.5, 0.6) is 5.75 Å². The fourth-order valence-electron chi connectivity index (χ4n) is 5.80. The maximum atomic E-state index is 14.0. The highest BCUT2D eigenvalue weighted by atomic mass is 32.1. The number of aryl methyl sites for hydroxylation is 1. The van der Waals surface area contributed by atoms with Crippen LogP contribution >= 0.6 is 11.3 Å². The Morgan fingerprint density at radius 2 is 1.78 bits per heavy atom. The van der Waals surface area contributed by atoms with Crippen molar-refractivity contribution in [3.05, 3.63) is 94.4 Å². The average molecular weight is 643 g/mol. The molecular formula is C36H42N4O5S. The lowest BCUT2D eigenvalue weighted by atomic mass is 9.74. The summed E-state index contributed by atoms with van der Waals surface area (Å²) < 4.78 is 6.09. The highest BCUT2D eigenvalue weighted by Gasteiger charge is 2.41. The number of nitrogens with one attached hydrogen (secondary N) is 3. The van der Waals surface area contributed by atoms with E-state index in [2.05, 4.69) is 20.9 Å². The molecule has 1 fully saturated rings. The lowest BCUT2D eigenvalue weighted by Crippen LogP contribution is -2.54. The third-order valence-corrected chi connectivity index (χ3v) is 9.70. The van der Waals surface area contributed by atoms with Gasteiger partial charge in [0, 0.05) is 12.1 Å². The molecule has 1 aromatic heterocycles. The highest BCUT2D eigenvalue weighted by molar-refractivity contribution is 7.14. The number of nitrogens with zero attached hydrogens (tertiary/aromatic N) is 1. The van der Waals surface area contributed by atoms with Gasteiger partial charge in [0.05, 0.1) is 29.1 Å². The SMILES string of the molecule is Cc1ccc(C(=O)c2ccsc2NC(=O)CN2CCC3(C/C=C/CNC(=O)c4ccccc4OC[C@@H](C(C)C)NC3=O)CC2)cc1. The number of hydrogen-bond acceptors (Lipinski definition) is 7. The van der Waals surface area contributed by atoms with E-state index >= 15 is 0 Å². The molecule has 242 valence electrons. The number of carbonyl (C=O) groups is 4. The van der Waals surface area contributed by atoms with Crippen LogP contribution < -0.4 is 20.7 Å². The van der Waals surface area contributed by atoms with E-state index in [0.29, 0.717) is 66.3 Å². The second-order valence-electron chi connectivity index (χ2n) is 12.5. The van der Waals surface area contributed by atoms with Gasteiger partial charge in [-0.25, -0.2) is 0 Å². The van der Waals surface area contributed by atoms with Crippen molar-refractivity contribution in [1.82, 2.24) is 15.5 Å². The van der Waals surface area contributed by atoms with E-state index in [4.69, 9.17) is 4.74 Å². The summed E-state index contributed by atoms with van der Waals surface area (Å²) in [5, 5.41) is 11.5. The van der Waals surface area contributed by atoms with Crippen LogP contribution in [0.25, 0.3) is 0 Å². The van der Waals surface area contributed by atoms with Gasteiger partial charge in [-0.1, -0.05) is 68.0 Å². The van der Waals surface area contributed by atoms with Gasteiger partial charge in [0.2, 0.25) is 11.8 Å². The minimum atomic E-state index is -0.649. The Bertz CT molecular complexity index is 1590. The summed E-state index contributed by atoms with van der Waals surface area (Å²) in [4.78, 5) is 55.1. The number of ether oxygens (including phenoxy) is 1. The molecule has 2 aromatic carbocycles.